The molecule has 1 aliphatic heterocycles. The van der Waals surface area contributed by atoms with Gasteiger partial charge in [0.15, 0.2) is 0 Å². The number of nitrogens with two attached hydrogens (primary N) is 1. The first kappa shape index (κ1) is 14.8. The van der Waals surface area contributed by atoms with E-state index in [4.69, 9.17) is 5.73 Å². The van der Waals surface area contributed by atoms with Crippen molar-refractivity contribution in [3.05, 3.63) is 0 Å². The number of likely N-dealkylation sites (tertiary alicyclic amines) is 1. The standard InChI is InChI=1S/C16H30N2O/c1-15(2)7-6-10-18(13-15)14(19)11-16(12-17)8-4-3-5-9-16/h3-13,17H2,1-2H3. The lowest BCUT2D eigenvalue weighted by atomic mass is 9.71. The minimum absolute atomic E-state index is 0.108. The molecule has 1 saturated carbocycles. The summed E-state index contributed by atoms with van der Waals surface area (Å²) in [5.74, 6) is 0.347. The average Bonchev–Trinajstić information content (AvgIpc) is 2.38. The van der Waals surface area contributed by atoms with Crippen LogP contribution < -0.4 is 5.73 Å². The predicted molar refractivity (Wildman–Crippen MR) is 78.8 cm³/mol. The van der Waals surface area contributed by atoms with E-state index < -0.39 is 0 Å². The molecule has 3 heteroatoms. The van der Waals surface area contributed by atoms with Crippen molar-refractivity contribution in [2.45, 2.75) is 65.2 Å². The van der Waals surface area contributed by atoms with Crippen LogP contribution >= 0.6 is 0 Å². The van der Waals surface area contributed by atoms with Crippen LogP contribution in [0.3, 0.4) is 0 Å². The van der Waals surface area contributed by atoms with E-state index in [2.05, 4.69) is 18.7 Å². The minimum atomic E-state index is 0.108. The summed E-state index contributed by atoms with van der Waals surface area (Å²) in [5.41, 5.74) is 6.39. The van der Waals surface area contributed by atoms with Crippen LogP contribution in [0.25, 0.3) is 0 Å². The molecule has 0 aromatic rings. The van der Waals surface area contributed by atoms with E-state index in [-0.39, 0.29) is 10.8 Å². The molecule has 0 spiro atoms. The van der Waals surface area contributed by atoms with Gasteiger partial charge < -0.3 is 10.6 Å². The van der Waals surface area contributed by atoms with Crippen LogP contribution in [0.5, 0.6) is 0 Å². The van der Waals surface area contributed by atoms with Gasteiger partial charge in [-0.2, -0.15) is 0 Å². The molecule has 3 nitrogen and oxygen atoms in total. The number of piperidine rings is 1. The Morgan fingerprint density at radius 3 is 2.37 bits per heavy atom. The van der Waals surface area contributed by atoms with Gasteiger partial charge in [-0.25, -0.2) is 0 Å². The molecule has 1 amide bonds. The van der Waals surface area contributed by atoms with E-state index in [9.17, 15) is 4.79 Å². The Morgan fingerprint density at radius 2 is 1.79 bits per heavy atom. The van der Waals surface area contributed by atoms with Crippen LogP contribution in [0.2, 0.25) is 0 Å². The van der Waals surface area contributed by atoms with Crippen LogP contribution in [0.15, 0.2) is 0 Å². The lowest BCUT2D eigenvalue weighted by molar-refractivity contribution is -0.137. The molecule has 1 aliphatic carbocycles. The molecule has 0 radical (unpaired) electrons. The second-order valence-corrected chi connectivity index (χ2v) is 7.52. The van der Waals surface area contributed by atoms with Gasteiger partial charge in [-0.15, -0.1) is 0 Å². The smallest absolute Gasteiger partial charge is 0.223 e. The molecule has 1 heterocycles. The van der Waals surface area contributed by atoms with Crippen molar-refractivity contribution in [1.82, 2.24) is 4.90 Å². The second-order valence-electron chi connectivity index (χ2n) is 7.52. The van der Waals surface area contributed by atoms with Gasteiger partial charge in [-0.3, -0.25) is 4.79 Å². The highest BCUT2D eigenvalue weighted by Gasteiger charge is 2.36. The zero-order valence-corrected chi connectivity index (χ0v) is 12.7. The van der Waals surface area contributed by atoms with Crippen LogP contribution in [0, 0.1) is 10.8 Å². The van der Waals surface area contributed by atoms with Crippen molar-refractivity contribution in [2.24, 2.45) is 16.6 Å². The number of rotatable bonds is 3. The molecule has 0 aromatic heterocycles. The van der Waals surface area contributed by atoms with E-state index in [0.29, 0.717) is 18.9 Å². The number of hydrogen-bond donors (Lipinski definition) is 1. The molecule has 2 N–H and O–H groups in total. The maximum absolute atomic E-state index is 12.6. The molecular formula is C16H30N2O. The van der Waals surface area contributed by atoms with E-state index >= 15 is 0 Å². The van der Waals surface area contributed by atoms with Crippen LogP contribution in [0.1, 0.15) is 65.2 Å². The van der Waals surface area contributed by atoms with E-state index in [1.54, 1.807) is 0 Å². The van der Waals surface area contributed by atoms with Crippen LogP contribution in [-0.2, 0) is 4.79 Å². The van der Waals surface area contributed by atoms with Crippen LogP contribution in [-0.4, -0.2) is 30.4 Å². The third-order valence-electron chi connectivity index (χ3n) is 5.13. The summed E-state index contributed by atoms with van der Waals surface area (Å²) in [6.07, 6.45) is 9.16. The van der Waals surface area contributed by atoms with Gasteiger partial charge in [-0.1, -0.05) is 33.1 Å². The van der Waals surface area contributed by atoms with Crippen molar-refractivity contribution < 1.29 is 4.79 Å². The lowest BCUT2D eigenvalue weighted by Crippen LogP contribution is -2.46. The fraction of sp³-hybridized carbons (Fsp3) is 0.938. The highest BCUT2D eigenvalue weighted by Crippen LogP contribution is 2.39. The number of nitrogens with zero attached hydrogens (tertiary/aromatic N) is 1. The van der Waals surface area contributed by atoms with Crippen molar-refractivity contribution in [3.63, 3.8) is 0 Å². The van der Waals surface area contributed by atoms with Gasteiger partial charge in [0.2, 0.25) is 5.91 Å². The number of carbonyl (C=O) groups excluding carboxylic acids is 1. The quantitative estimate of drug-likeness (QED) is 0.853. The van der Waals surface area contributed by atoms with Gasteiger partial charge >= 0.3 is 0 Å². The molecule has 2 aliphatic rings. The molecule has 19 heavy (non-hydrogen) atoms. The van der Waals surface area contributed by atoms with Crippen molar-refractivity contribution in [2.75, 3.05) is 19.6 Å². The average molecular weight is 266 g/mol. The fourth-order valence-electron chi connectivity index (χ4n) is 3.82. The van der Waals surface area contributed by atoms with Crippen LogP contribution in [0.4, 0.5) is 0 Å². The van der Waals surface area contributed by atoms with E-state index in [1.165, 1.54) is 25.7 Å². The largest absolute Gasteiger partial charge is 0.342 e. The Balaban J connectivity index is 1.95. The molecular weight excluding hydrogens is 236 g/mol. The first-order chi connectivity index (χ1) is 8.96. The normalized spacial score (nSPS) is 26.2. The SMILES string of the molecule is CC1(C)CCCN(C(=O)CC2(CN)CCCCC2)C1. The minimum Gasteiger partial charge on any atom is -0.342 e. The topological polar surface area (TPSA) is 46.3 Å². The molecule has 2 fully saturated rings. The summed E-state index contributed by atoms with van der Waals surface area (Å²) in [6, 6.07) is 0. The molecule has 0 aromatic carbocycles. The summed E-state index contributed by atoms with van der Waals surface area (Å²) in [6.45, 7) is 7.09. The summed E-state index contributed by atoms with van der Waals surface area (Å²) >= 11 is 0. The molecule has 110 valence electrons. The highest BCUT2D eigenvalue weighted by atomic mass is 16.2. The van der Waals surface area contributed by atoms with Crippen molar-refractivity contribution >= 4 is 5.91 Å². The third-order valence-corrected chi connectivity index (χ3v) is 5.13. The Kier molecular flexibility index (Phi) is 4.54. The van der Waals surface area contributed by atoms with Gasteiger partial charge in [0, 0.05) is 19.5 Å². The molecule has 0 atom stereocenters. The maximum Gasteiger partial charge on any atom is 0.223 e. The van der Waals surface area contributed by atoms with E-state index in [1.807, 2.05) is 0 Å². The predicted octanol–water partition coefficient (Wildman–Crippen LogP) is 2.93. The maximum atomic E-state index is 12.6. The summed E-state index contributed by atoms with van der Waals surface area (Å²) in [7, 11) is 0. The Morgan fingerprint density at radius 1 is 1.11 bits per heavy atom. The molecule has 0 unspecified atom stereocenters. The molecule has 0 bridgehead atoms. The first-order valence-electron chi connectivity index (χ1n) is 7.94. The van der Waals surface area contributed by atoms with Gasteiger partial charge in [0.05, 0.1) is 0 Å². The summed E-state index contributed by atoms with van der Waals surface area (Å²) in [5, 5.41) is 0. The first-order valence-corrected chi connectivity index (χ1v) is 7.94. The van der Waals surface area contributed by atoms with E-state index in [0.717, 1.165) is 32.4 Å². The lowest BCUT2D eigenvalue weighted by Gasteiger charge is -2.41. The number of hydrogen-bond acceptors (Lipinski definition) is 2. The Labute approximate surface area is 117 Å². The zero-order chi connectivity index (χ0) is 13.9. The second kappa shape index (κ2) is 5.82. The number of amides is 1. The molecule has 1 saturated heterocycles. The third kappa shape index (κ3) is 3.71. The van der Waals surface area contributed by atoms with Crippen molar-refractivity contribution in [3.8, 4) is 0 Å². The Bertz CT molecular complexity index is 319. The fourth-order valence-corrected chi connectivity index (χ4v) is 3.82. The zero-order valence-electron chi connectivity index (χ0n) is 12.7. The Hall–Kier alpha value is -0.570. The summed E-state index contributed by atoms with van der Waals surface area (Å²) < 4.78 is 0. The van der Waals surface area contributed by atoms with Gasteiger partial charge in [0.25, 0.3) is 0 Å². The van der Waals surface area contributed by atoms with Crippen molar-refractivity contribution in [1.29, 1.82) is 0 Å². The van der Waals surface area contributed by atoms with Gasteiger partial charge in [-0.05, 0) is 43.1 Å². The number of carbonyl (C=O) groups is 1. The summed E-state index contributed by atoms with van der Waals surface area (Å²) in [4.78, 5) is 14.7. The highest BCUT2D eigenvalue weighted by molar-refractivity contribution is 5.77. The monoisotopic (exact) mass is 266 g/mol. The molecule has 2 rings (SSSR count). The van der Waals surface area contributed by atoms with Gasteiger partial charge in [0.1, 0.15) is 0 Å².